The Morgan fingerprint density at radius 2 is 1.73 bits per heavy atom. The molecule has 0 aromatic rings. The van der Waals surface area contributed by atoms with E-state index >= 15 is 0 Å². The number of phosphoric ester groups is 1. The van der Waals surface area contributed by atoms with Gasteiger partial charge in [-0.25, -0.2) is 4.57 Å². The molecular formula is C6H11O4P. The van der Waals surface area contributed by atoms with Crippen molar-refractivity contribution in [1.82, 2.24) is 0 Å². The predicted octanol–water partition coefficient (Wildman–Crippen LogP) is 1.57. The van der Waals surface area contributed by atoms with Gasteiger partial charge in [0, 0.05) is 5.41 Å². The lowest BCUT2D eigenvalue weighted by Gasteiger charge is -2.43. The maximum absolute atomic E-state index is 11.2. The molecule has 0 saturated carbocycles. The van der Waals surface area contributed by atoms with E-state index in [2.05, 4.69) is 6.92 Å². The lowest BCUT2D eigenvalue weighted by atomic mass is 10.1. The standard InChI is InChI=1S/C6H11O4P/c1-2-6-3-8-11(7,9-4-6)10-5-6/h2-5H2,1H3/i3+1,4+1,5+1. The number of hydrogen-bond donors (Lipinski definition) is 0. The van der Waals surface area contributed by atoms with E-state index in [9.17, 15) is 4.57 Å². The zero-order valence-electron chi connectivity index (χ0n) is 6.41. The molecule has 0 spiro atoms. The van der Waals surface area contributed by atoms with E-state index in [1.807, 2.05) is 0 Å². The Hall–Kier alpha value is 0.110. The molecule has 0 aromatic carbocycles. The van der Waals surface area contributed by atoms with Gasteiger partial charge >= 0.3 is 7.82 Å². The fourth-order valence-electron chi connectivity index (χ4n) is 1.19. The number of rotatable bonds is 1. The summed E-state index contributed by atoms with van der Waals surface area (Å²) in [5.41, 5.74) is -0.0356. The second-order valence-electron chi connectivity index (χ2n) is 3.12. The summed E-state index contributed by atoms with van der Waals surface area (Å²) in [7, 11) is -3.08. The number of phosphoric acid groups is 1. The Balaban J connectivity index is 2.18. The highest BCUT2D eigenvalue weighted by Crippen LogP contribution is 2.60. The Labute approximate surface area is 65.4 Å². The molecule has 2 bridgehead atoms. The molecule has 0 unspecified atom stereocenters. The highest BCUT2D eigenvalue weighted by atomic mass is 31.2. The number of hydrogen-bond acceptors (Lipinski definition) is 4. The van der Waals surface area contributed by atoms with Crippen molar-refractivity contribution in [1.29, 1.82) is 0 Å². The first-order chi connectivity index (χ1) is 5.18. The molecule has 3 heterocycles. The minimum atomic E-state index is -3.08. The summed E-state index contributed by atoms with van der Waals surface area (Å²) in [6.07, 6.45) is 0.938. The average molecular weight is 181 g/mol. The molecule has 3 aliphatic rings. The monoisotopic (exact) mass is 181 g/mol. The Morgan fingerprint density at radius 1 is 1.27 bits per heavy atom. The van der Waals surface area contributed by atoms with Crippen LogP contribution in [0.4, 0.5) is 0 Å². The van der Waals surface area contributed by atoms with Crippen LogP contribution in [0.1, 0.15) is 13.3 Å². The van der Waals surface area contributed by atoms with Crippen LogP contribution in [-0.4, -0.2) is 19.8 Å². The molecular weight excluding hydrogens is 170 g/mol. The fourth-order valence-corrected chi connectivity index (χ4v) is 2.71. The van der Waals surface area contributed by atoms with Gasteiger partial charge in [-0.1, -0.05) is 6.92 Å². The molecule has 3 saturated heterocycles. The maximum Gasteiger partial charge on any atom is 0.474 e. The van der Waals surface area contributed by atoms with Crippen molar-refractivity contribution in [2.24, 2.45) is 5.41 Å². The minimum absolute atomic E-state index is 0.0356. The van der Waals surface area contributed by atoms with E-state index in [1.165, 1.54) is 0 Å². The third kappa shape index (κ3) is 1.14. The van der Waals surface area contributed by atoms with Crippen molar-refractivity contribution < 1.29 is 18.1 Å². The van der Waals surface area contributed by atoms with Gasteiger partial charge in [-0.05, 0) is 6.42 Å². The minimum Gasteiger partial charge on any atom is -0.286 e. The van der Waals surface area contributed by atoms with Crippen molar-refractivity contribution in [3.05, 3.63) is 0 Å². The Kier molecular flexibility index (Phi) is 1.62. The van der Waals surface area contributed by atoms with Gasteiger partial charge in [-0.15, -0.1) is 0 Å². The fraction of sp³-hybridized carbons (Fsp3) is 1.00. The first-order valence-electron chi connectivity index (χ1n) is 3.72. The van der Waals surface area contributed by atoms with E-state index in [-0.39, 0.29) is 5.41 Å². The highest BCUT2D eigenvalue weighted by molar-refractivity contribution is 7.48. The van der Waals surface area contributed by atoms with Crippen molar-refractivity contribution in [2.75, 3.05) is 19.8 Å². The molecule has 0 N–H and O–H groups in total. The second kappa shape index (κ2) is 2.30. The van der Waals surface area contributed by atoms with Crippen LogP contribution in [0.2, 0.25) is 0 Å². The van der Waals surface area contributed by atoms with Crippen molar-refractivity contribution in [2.45, 2.75) is 13.3 Å². The second-order valence-corrected chi connectivity index (χ2v) is 4.79. The molecule has 3 aliphatic heterocycles. The lowest BCUT2D eigenvalue weighted by Crippen LogP contribution is -2.43. The molecule has 5 heteroatoms. The van der Waals surface area contributed by atoms with E-state index in [0.29, 0.717) is 19.8 Å². The smallest absolute Gasteiger partial charge is 0.286 e. The topological polar surface area (TPSA) is 44.8 Å². The van der Waals surface area contributed by atoms with Crippen molar-refractivity contribution in [3.63, 3.8) is 0 Å². The molecule has 11 heavy (non-hydrogen) atoms. The molecule has 4 nitrogen and oxygen atoms in total. The third-order valence-corrected chi connectivity index (χ3v) is 3.67. The molecule has 0 amide bonds. The Bertz CT molecular complexity index is 183. The van der Waals surface area contributed by atoms with Crippen LogP contribution in [0.5, 0.6) is 0 Å². The van der Waals surface area contributed by atoms with Crippen LogP contribution in [-0.2, 0) is 18.1 Å². The van der Waals surface area contributed by atoms with Crippen LogP contribution in [0.3, 0.4) is 0 Å². The first-order valence-corrected chi connectivity index (χ1v) is 5.18. The quantitative estimate of drug-likeness (QED) is 0.455. The lowest BCUT2D eigenvalue weighted by molar-refractivity contribution is -0.0951. The predicted molar refractivity (Wildman–Crippen MR) is 38.2 cm³/mol. The summed E-state index contributed by atoms with van der Waals surface area (Å²) in [4.78, 5) is 0. The van der Waals surface area contributed by atoms with Crippen LogP contribution in [0, 0.1) is 5.41 Å². The van der Waals surface area contributed by atoms with Gasteiger partial charge < -0.3 is 0 Å². The maximum atomic E-state index is 11.2. The van der Waals surface area contributed by atoms with Crippen molar-refractivity contribution >= 4 is 7.82 Å². The molecule has 64 valence electrons. The van der Waals surface area contributed by atoms with Gasteiger partial charge in [0.25, 0.3) is 0 Å². The van der Waals surface area contributed by atoms with Gasteiger partial charge in [0.05, 0.1) is 19.8 Å². The summed E-state index contributed by atoms with van der Waals surface area (Å²) < 4.78 is 26.1. The van der Waals surface area contributed by atoms with Crippen LogP contribution < -0.4 is 0 Å². The van der Waals surface area contributed by atoms with E-state index in [1.54, 1.807) is 0 Å². The van der Waals surface area contributed by atoms with Gasteiger partial charge in [-0.3, -0.25) is 13.6 Å². The summed E-state index contributed by atoms with van der Waals surface area (Å²) >= 11 is 0. The zero-order valence-corrected chi connectivity index (χ0v) is 7.30. The van der Waals surface area contributed by atoms with E-state index < -0.39 is 7.82 Å². The summed E-state index contributed by atoms with van der Waals surface area (Å²) in [6, 6.07) is 0. The summed E-state index contributed by atoms with van der Waals surface area (Å²) in [5, 5.41) is 0. The Morgan fingerprint density at radius 3 is 2.09 bits per heavy atom. The number of fused-ring (bicyclic) bond motifs is 3. The molecule has 3 rings (SSSR count). The normalized spacial score (nSPS) is 49.5. The third-order valence-electron chi connectivity index (χ3n) is 2.34. The summed E-state index contributed by atoms with van der Waals surface area (Å²) in [5.74, 6) is 0. The average Bonchev–Trinajstić information content (AvgIpc) is 2.07. The molecule has 3 fully saturated rings. The SMILES string of the molecule is CCC12[13CH2]OP(=O)(O[13CH2]1)O[13CH2]2. The molecule has 0 aliphatic carbocycles. The van der Waals surface area contributed by atoms with Gasteiger partial charge in [0.1, 0.15) is 0 Å². The molecule has 0 aromatic heterocycles. The zero-order chi connectivity index (χ0) is 7.95. The van der Waals surface area contributed by atoms with Gasteiger partial charge in [0.15, 0.2) is 0 Å². The van der Waals surface area contributed by atoms with Crippen molar-refractivity contribution in [3.8, 4) is 0 Å². The largest absolute Gasteiger partial charge is 0.474 e. The van der Waals surface area contributed by atoms with Gasteiger partial charge in [0.2, 0.25) is 0 Å². The molecule has 0 radical (unpaired) electrons. The first kappa shape index (κ1) is 7.74. The highest BCUT2D eigenvalue weighted by Gasteiger charge is 2.49. The van der Waals surface area contributed by atoms with E-state index in [0.717, 1.165) is 6.42 Å². The molecule has 0 atom stereocenters. The summed E-state index contributed by atoms with van der Waals surface area (Å²) in [6.45, 7) is 3.60. The van der Waals surface area contributed by atoms with Crippen LogP contribution in [0.15, 0.2) is 0 Å². The van der Waals surface area contributed by atoms with Gasteiger partial charge in [-0.2, -0.15) is 0 Å². The van der Waals surface area contributed by atoms with Crippen LogP contribution in [0.25, 0.3) is 0 Å². The van der Waals surface area contributed by atoms with Crippen LogP contribution >= 0.6 is 7.82 Å². The van der Waals surface area contributed by atoms with E-state index in [4.69, 9.17) is 13.6 Å².